The molecule has 0 radical (unpaired) electrons. The van der Waals surface area contributed by atoms with Gasteiger partial charge in [-0.15, -0.1) is 0 Å². The van der Waals surface area contributed by atoms with Gasteiger partial charge in [0.05, 0.1) is 13.2 Å². The summed E-state index contributed by atoms with van der Waals surface area (Å²) in [4.78, 5) is 20.9. The molecular formula is C20H32N4O2. The number of hydrogen-bond acceptors (Lipinski definition) is 4. The Hall–Kier alpha value is -1.66. The second kappa shape index (κ2) is 9.33. The quantitative estimate of drug-likeness (QED) is 0.820. The number of aromatic nitrogens is 1. The summed E-state index contributed by atoms with van der Waals surface area (Å²) >= 11 is 0. The molecule has 0 aliphatic carbocycles. The van der Waals surface area contributed by atoms with E-state index in [1.807, 2.05) is 17.3 Å². The highest BCUT2D eigenvalue weighted by Gasteiger charge is 2.39. The summed E-state index contributed by atoms with van der Waals surface area (Å²) in [5, 5.41) is 3.04. The lowest BCUT2D eigenvalue weighted by Gasteiger charge is -2.42. The number of nitrogens with one attached hydrogen (secondary N) is 1. The van der Waals surface area contributed by atoms with Crippen molar-refractivity contribution in [2.24, 2.45) is 5.41 Å². The number of hydrogen-bond donors (Lipinski definition) is 1. The number of rotatable bonds is 5. The largest absolute Gasteiger partial charge is 0.379 e. The van der Waals surface area contributed by atoms with Crippen molar-refractivity contribution < 1.29 is 9.53 Å². The van der Waals surface area contributed by atoms with E-state index >= 15 is 0 Å². The molecule has 26 heavy (non-hydrogen) atoms. The smallest absolute Gasteiger partial charge is 0.317 e. The maximum atomic E-state index is 12.3. The molecule has 3 heterocycles. The Bertz CT molecular complexity index is 558. The number of carbonyl (C=O) groups is 1. The van der Waals surface area contributed by atoms with Gasteiger partial charge in [0.15, 0.2) is 0 Å². The summed E-state index contributed by atoms with van der Waals surface area (Å²) in [6.45, 7) is 9.11. The van der Waals surface area contributed by atoms with Crippen molar-refractivity contribution in [2.45, 2.75) is 39.2 Å². The van der Waals surface area contributed by atoms with Gasteiger partial charge < -0.3 is 15.0 Å². The summed E-state index contributed by atoms with van der Waals surface area (Å²) < 4.78 is 5.96. The van der Waals surface area contributed by atoms with Crippen molar-refractivity contribution >= 4 is 6.03 Å². The molecule has 2 amide bonds. The summed E-state index contributed by atoms with van der Waals surface area (Å²) in [5.41, 5.74) is 1.47. The zero-order valence-electron chi connectivity index (χ0n) is 16.0. The van der Waals surface area contributed by atoms with Crippen LogP contribution in [0.1, 0.15) is 38.2 Å². The lowest BCUT2D eigenvalue weighted by Crippen LogP contribution is -2.51. The first-order chi connectivity index (χ1) is 12.7. The average Bonchev–Trinajstić information content (AvgIpc) is 2.85. The summed E-state index contributed by atoms with van der Waals surface area (Å²) in [6, 6.07) is 4.26. The Kier molecular flexibility index (Phi) is 6.86. The highest BCUT2D eigenvalue weighted by Crippen LogP contribution is 2.34. The molecule has 2 aliphatic rings. The van der Waals surface area contributed by atoms with Crippen LogP contribution in [-0.2, 0) is 11.3 Å². The molecule has 144 valence electrons. The molecule has 1 aromatic rings. The SMILES string of the molecule is CCCCNC(=O)N1CCC2(CC1)COCCN(Cc1ccncc1)C2. The third kappa shape index (κ3) is 5.17. The number of ether oxygens (including phenoxy) is 1. The van der Waals surface area contributed by atoms with Crippen molar-refractivity contribution in [1.82, 2.24) is 20.1 Å². The van der Waals surface area contributed by atoms with Crippen molar-refractivity contribution in [3.8, 4) is 0 Å². The predicted molar refractivity (Wildman–Crippen MR) is 102 cm³/mol. The Labute approximate surface area is 156 Å². The fourth-order valence-electron chi connectivity index (χ4n) is 3.93. The lowest BCUT2D eigenvalue weighted by molar-refractivity contribution is 0.0229. The highest BCUT2D eigenvalue weighted by molar-refractivity contribution is 5.74. The second-order valence-electron chi connectivity index (χ2n) is 7.69. The molecule has 2 saturated heterocycles. The monoisotopic (exact) mass is 360 g/mol. The number of unbranched alkanes of at least 4 members (excludes halogenated alkanes) is 1. The molecule has 0 bridgehead atoms. The van der Waals surface area contributed by atoms with E-state index in [2.05, 4.69) is 34.3 Å². The molecule has 0 atom stereocenters. The summed E-state index contributed by atoms with van der Waals surface area (Å²) in [7, 11) is 0. The van der Waals surface area contributed by atoms with E-state index < -0.39 is 0 Å². The highest BCUT2D eigenvalue weighted by atomic mass is 16.5. The molecule has 6 nitrogen and oxygen atoms in total. The van der Waals surface area contributed by atoms with E-state index in [4.69, 9.17) is 4.74 Å². The van der Waals surface area contributed by atoms with E-state index in [0.717, 1.165) is 78.2 Å². The fraction of sp³-hybridized carbons (Fsp3) is 0.700. The van der Waals surface area contributed by atoms with Crippen molar-refractivity contribution in [1.29, 1.82) is 0 Å². The van der Waals surface area contributed by atoms with Crippen LogP contribution in [0.2, 0.25) is 0 Å². The van der Waals surface area contributed by atoms with Crippen LogP contribution >= 0.6 is 0 Å². The first-order valence-electron chi connectivity index (χ1n) is 9.93. The van der Waals surface area contributed by atoms with Gasteiger partial charge in [0.2, 0.25) is 0 Å². The average molecular weight is 361 g/mol. The Morgan fingerprint density at radius 1 is 1.27 bits per heavy atom. The van der Waals surface area contributed by atoms with Gasteiger partial charge in [-0.25, -0.2) is 4.79 Å². The zero-order chi connectivity index (χ0) is 18.2. The van der Waals surface area contributed by atoms with Gasteiger partial charge >= 0.3 is 6.03 Å². The molecule has 1 spiro atoms. The molecule has 3 rings (SSSR count). The van der Waals surface area contributed by atoms with Gasteiger partial charge in [-0.1, -0.05) is 13.3 Å². The van der Waals surface area contributed by atoms with Crippen molar-refractivity contribution in [3.05, 3.63) is 30.1 Å². The van der Waals surface area contributed by atoms with Crippen LogP contribution in [0.4, 0.5) is 4.79 Å². The fourth-order valence-corrected chi connectivity index (χ4v) is 3.93. The normalized spacial score (nSPS) is 20.7. The van der Waals surface area contributed by atoms with E-state index in [9.17, 15) is 4.79 Å². The first-order valence-corrected chi connectivity index (χ1v) is 9.93. The van der Waals surface area contributed by atoms with Crippen molar-refractivity contribution in [2.75, 3.05) is 45.9 Å². The van der Waals surface area contributed by atoms with Crippen LogP contribution in [0.5, 0.6) is 0 Å². The van der Waals surface area contributed by atoms with Crippen LogP contribution in [0.15, 0.2) is 24.5 Å². The molecule has 6 heteroatoms. The van der Waals surface area contributed by atoms with Gasteiger partial charge in [0.25, 0.3) is 0 Å². The van der Waals surface area contributed by atoms with E-state index in [1.165, 1.54) is 5.56 Å². The van der Waals surface area contributed by atoms with Gasteiger partial charge in [-0.3, -0.25) is 9.88 Å². The van der Waals surface area contributed by atoms with Gasteiger partial charge in [-0.05, 0) is 37.0 Å². The minimum absolute atomic E-state index is 0.0940. The number of likely N-dealkylation sites (tertiary alicyclic amines) is 1. The predicted octanol–water partition coefficient (Wildman–Crippen LogP) is 2.51. The van der Waals surface area contributed by atoms with Crippen LogP contribution < -0.4 is 5.32 Å². The first kappa shape index (κ1) is 19.1. The molecule has 2 aliphatic heterocycles. The van der Waals surface area contributed by atoms with Crippen molar-refractivity contribution in [3.63, 3.8) is 0 Å². The molecule has 1 N–H and O–H groups in total. The number of pyridine rings is 1. The Morgan fingerprint density at radius 3 is 2.77 bits per heavy atom. The van der Waals surface area contributed by atoms with Gasteiger partial charge in [-0.2, -0.15) is 0 Å². The molecule has 0 unspecified atom stereocenters. The van der Waals surface area contributed by atoms with E-state index in [1.54, 1.807) is 0 Å². The Morgan fingerprint density at radius 2 is 2.04 bits per heavy atom. The molecule has 1 aromatic heterocycles. The molecule has 0 aromatic carbocycles. The molecule has 0 saturated carbocycles. The molecule has 2 fully saturated rings. The van der Waals surface area contributed by atoms with E-state index in [-0.39, 0.29) is 11.4 Å². The van der Waals surface area contributed by atoms with Crippen LogP contribution in [0, 0.1) is 5.41 Å². The molecular weight excluding hydrogens is 328 g/mol. The van der Waals surface area contributed by atoms with Crippen LogP contribution in [-0.4, -0.2) is 66.8 Å². The maximum Gasteiger partial charge on any atom is 0.317 e. The standard InChI is InChI=1S/C20H32N4O2/c1-2-3-8-22-19(25)24-11-6-20(7-12-24)16-23(13-14-26-17-20)15-18-4-9-21-10-5-18/h4-5,9-10H,2-3,6-8,11-17H2,1H3,(H,22,25). The summed E-state index contributed by atoms with van der Waals surface area (Å²) in [6.07, 6.45) is 7.89. The minimum Gasteiger partial charge on any atom is -0.379 e. The number of amides is 2. The third-order valence-corrected chi connectivity index (χ3v) is 5.59. The lowest BCUT2D eigenvalue weighted by atomic mass is 9.78. The van der Waals surface area contributed by atoms with Gasteiger partial charge in [0.1, 0.15) is 0 Å². The van der Waals surface area contributed by atoms with Crippen LogP contribution in [0.3, 0.4) is 0 Å². The zero-order valence-corrected chi connectivity index (χ0v) is 16.0. The second-order valence-corrected chi connectivity index (χ2v) is 7.69. The number of nitrogens with zero attached hydrogens (tertiary/aromatic N) is 3. The number of urea groups is 1. The number of piperidine rings is 1. The van der Waals surface area contributed by atoms with Gasteiger partial charge in [0, 0.05) is 57.1 Å². The Balaban J connectivity index is 1.53. The maximum absolute atomic E-state index is 12.3. The van der Waals surface area contributed by atoms with E-state index in [0.29, 0.717) is 0 Å². The topological polar surface area (TPSA) is 57.7 Å². The minimum atomic E-state index is 0.0940. The third-order valence-electron chi connectivity index (χ3n) is 5.59. The van der Waals surface area contributed by atoms with Crippen LogP contribution in [0.25, 0.3) is 0 Å². The number of carbonyl (C=O) groups excluding carboxylic acids is 1. The summed E-state index contributed by atoms with van der Waals surface area (Å²) in [5.74, 6) is 0.